The lowest BCUT2D eigenvalue weighted by Crippen LogP contribution is -2.22. The molecule has 2 heterocycles. The lowest BCUT2D eigenvalue weighted by atomic mass is 10.2. The summed E-state index contributed by atoms with van der Waals surface area (Å²) < 4.78 is 2.84. The van der Waals surface area contributed by atoms with Crippen LogP contribution in [0.25, 0.3) is 5.82 Å². The molecule has 4 nitrogen and oxygen atoms in total. The van der Waals surface area contributed by atoms with Crippen molar-refractivity contribution >= 4 is 15.9 Å². The standard InChI is InChI=1S/C13H17BrN4/c1-9(2)15-6-11-7-17-18(10(11)3)13-5-4-12(14)8-16-13/h4-5,7-9,15H,6H2,1-3H3. The van der Waals surface area contributed by atoms with E-state index < -0.39 is 0 Å². The van der Waals surface area contributed by atoms with Gasteiger partial charge in [0.15, 0.2) is 5.82 Å². The maximum absolute atomic E-state index is 4.39. The highest BCUT2D eigenvalue weighted by atomic mass is 79.9. The molecule has 0 unspecified atom stereocenters. The average Bonchev–Trinajstić information content (AvgIpc) is 2.69. The van der Waals surface area contributed by atoms with Crippen molar-refractivity contribution in [3.05, 3.63) is 40.3 Å². The zero-order valence-corrected chi connectivity index (χ0v) is 12.4. The van der Waals surface area contributed by atoms with Gasteiger partial charge in [-0.2, -0.15) is 5.10 Å². The predicted molar refractivity (Wildman–Crippen MR) is 75.8 cm³/mol. The third-order valence-electron chi connectivity index (χ3n) is 2.74. The van der Waals surface area contributed by atoms with E-state index in [4.69, 9.17) is 0 Å². The molecule has 1 N–H and O–H groups in total. The molecule has 0 spiro atoms. The van der Waals surface area contributed by atoms with E-state index in [1.807, 2.05) is 23.0 Å². The Hall–Kier alpha value is -1.20. The smallest absolute Gasteiger partial charge is 0.153 e. The van der Waals surface area contributed by atoms with Crippen LogP contribution in [0.5, 0.6) is 0 Å². The number of hydrogen-bond acceptors (Lipinski definition) is 3. The van der Waals surface area contributed by atoms with Crippen LogP contribution in [0.3, 0.4) is 0 Å². The van der Waals surface area contributed by atoms with Gasteiger partial charge in [0.2, 0.25) is 0 Å². The number of hydrogen-bond donors (Lipinski definition) is 1. The lowest BCUT2D eigenvalue weighted by molar-refractivity contribution is 0.587. The fraction of sp³-hybridized carbons (Fsp3) is 0.385. The molecular weight excluding hydrogens is 292 g/mol. The first-order valence-corrected chi connectivity index (χ1v) is 6.76. The summed E-state index contributed by atoms with van der Waals surface area (Å²) in [6, 6.07) is 4.39. The Labute approximate surface area is 116 Å². The Morgan fingerprint density at radius 1 is 1.33 bits per heavy atom. The monoisotopic (exact) mass is 308 g/mol. The molecule has 0 aliphatic heterocycles. The second-order valence-electron chi connectivity index (χ2n) is 4.54. The van der Waals surface area contributed by atoms with Gasteiger partial charge in [0.25, 0.3) is 0 Å². The summed E-state index contributed by atoms with van der Waals surface area (Å²) in [5.74, 6) is 0.839. The van der Waals surface area contributed by atoms with E-state index in [1.165, 1.54) is 5.56 Å². The molecule has 0 amide bonds. The van der Waals surface area contributed by atoms with Crippen LogP contribution in [0.2, 0.25) is 0 Å². The molecule has 2 rings (SSSR count). The number of halogens is 1. The molecule has 0 radical (unpaired) electrons. The van der Waals surface area contributed by atoms with Crippen LogP contribution in [0.15, 0.2) is 29.0 Å². The Morgan fingerprint density at radius 3 is 2.72 bits per heavy atom. The molecule has 0 aliphatic rings. The van der Waals surface area contributed by atoms with Gasteiger partial charge in [-0.1, -0.05) is 13.8 Å². The Balaban J connectivity index is 2.22. The summed E-state index contributed by atoms with van der Waals surface area (Å²) in [5, 5.41) is 7.79. The number of nitrogens with one attached hydrogen (secondary N) is 1. The average molecular weight is 309 g/mol. The third kappa shape index (κ3) is 2.97. The molecule has 0 fully saturated rings. The maximum Gasteiger partial charge on any atom is 0.153 e. The van der Waals surface area contributed by atoms with Crippen molar-refractivity contribution in [3.8, 4) is 5.82 Å². The number of aromatic nitrogens is 3. The molecule has 2 aromatic rings. The summed E-state index contributed by atoms with van der Waals surface area (Å²) in [4.78, 5) is 4.35. The van der Waals surface area contributed by atoms with Gasteiger partial charge in [0.05, 0.1) is 6.20 Å². The number of pyridine rings is 1. The second-order valence-corrected chi connectivity index (χ2v) is 5.45. The molecule has 5 heteroatoms. The predicted octanol–water partition coefficient (Wildman–Crippen LogP) is 2.84. The van der Waals surface area contributed by atoms with E-state index in [-0.39, 0.29) is 0 Å². The van der Waals surface area contributed by atoms with Crippen LogP contribution in [0.4, 0.5) is 0 Å². The summed E-state index contributed by atoms with van der Waals surface area (Å²) >= 11 is 3.38. The van der Waals surface area contributed by atoms with Crippen LogP contribution in [0, 0.1) is 6.92 Å². The van der Waals surface area contributed by atoms with Crippen LogP contribution >= 0.6 is 15.9 Å². The van der Waals surface area contributed by atoms with Crippen molar-refractivity contribution in [1.82, 2.24) is 20.1 Å². The molecule has 0 aliphatic carbocycles. The SMILES string of the molecule is Cc1c(CNC(C)C)cnn1-c1ccc(Br)cn1. The summed E-state index contributed by atoms with van der Waals surface area (Å²) in [6.45, 7) is 7.17. The van der Waals surface area contributed by atoms with E-state index >= 15 is 0 Å². The van der Waals surface area contributed by atoms with E-state index in [0.717, 1.165) is 22.5 Å². The summed E-state index contributed by atoms with van der Waals surface area (Å²) in [6.07, 6.45) is 3.68. The highest BCUT2D eigenvalue weighted by Crippen LogP contribution is 2.14. The maximum atomic E-state index is 4.39. The van der Waals surface area contributed by atoms with E-state index in [9.17, 15) is 0 Å². The molecular formula is C13H17BrN4. The molecule has 0 saturated carbocycles. The van der Waals surface area contributed by atoms with Crippen molar-refractivity contribution in [2.24, 2.45) is 0 Å². The Bertz CT molecular complexity index is 516. The normalized spacial score (nSPS) is 11.2. The van der Waals surface area contributed by atoms with Crippen molar-refractivity contribution < 1.29 is 0 Å². The Kier molecular flexibility index (Phi) is 4.14. The van der Waals surface area contributed by atoms with Crippen LogP contribution < -0.4 is 5.32 Å². The fourth-order valence-corrected chi connectivity index (χ4v) is 1.89. The number of rotatable bonds is 4. The largest absolute Gasteiger partial charge is 0.310 e. The summed E-state index contributed by atoms with van der Waals surface area (Å²) in [5.41, 5.74) is 2.33. The molecule has 0 saturated heterocycles. The minimum absolute atomic E-state index is 0.471. The molecule has 0 bridgehead atoms. The van der Waals surface area contributed by atoms with Gasteiger partial charge >= 0.3 is 0 Å². The van der Waals surface area contributed by atoms with Crippen molar-refractivity contribution in [1.29, 1.82) is 0 Å². The van der Waals surface area contributed by atoms with E-state index in [1.54, 1.807) is 6.20 Å². The van der Waals surface area contributed by atoms with Crippen LogP contribution in [0.1, 0.15) is 25.1 Å². The minimum Gasteiger partial charge on any atom is -0.310 e. The van der Waals surface area contributed by atoms with E-state index in [0.29, 0.717) is 6.04 Å². The molecule has 0 aromatic carbocycles. The van der Waals surface area contributed by atoms with Crippen molar-refractivity contribution in [2.45, 2.75) is 33.4 Å². The number of nitrogens with zero attached hydrogens (tertiary/aromatic N) is 3. The summed E-state index contributed by atoms with van der Waals surface area (Å²) in [7, 11) is 0. The van der Waals surface area contributed by atoms with Gasteiger partial charge in [0.1, 0.15) is 0 Å². The van der Waals surface area contributed by atoms with Gasteiger partial charge in [-0.15, -0.1) is 0 Å². The van der Waals surface area contributed by atoms with Gasteiger partial charge in [0, 0.05) is 34.5 Å². The van der Waals surface area contributed by atoms with Gasteiger partial charge < -0.3 is 5.32 Å². The lowest BCUT2D eigenvalue weighted by Gasteiger charge is -2.08. The third-order valence-corrected chi connectivity index (χ3v) is 3.21. The first kappa shape index (κ1) is 13.2. The fourth-order valence-electron chi connectivity index (χ4n) is 1.66. The Morgan fingerprint density at radius 2 is 2.11 bits per heavy atom. The minimum atomic E-state index is 0.471. The van der Waals surface area contributed by atoms with Crippen molar-refractivity contribution in [2.75, 3.05) is 0 Å². The highest BCUT2D eigenvalue weighted by molar-refractivity contribution is 9.10. The van der Waals surface area contributed by atoms with Gasteiger partial charge in [-0.25, -0.2) is 9.67 Å². The van der Waals surface area contributed by atoms with Crippen LogP contribution in [-0.4, -0.2) is 20.8 Å². The quantitative estimate of drug-likeness (QED) is 0.944. The zero-order valence-electron chi connectivity index (χ0n) is 10.8. The van der Waals surface area contributed by atoms with Crippen molar-refractivity contribution in [3.63, 3.8) is 0 Å². The zero-order chi connectivity index (χ0) is 13.1. The highest BCUT2D eigenvalue weighted by Gasteiger charge is 2.09. The van der Waals surface area contributed by atoms with Gasteiger partial charge in [-0.3, -0.25) is 0 Å². The van der Waals surface area contributed by atoms with Crippen LogP contribution in [-0.2, 0) is 6.54 Å². The molecule has 18 heavy (non-hydrogen) atoms. The molecule has 96 valence electrons. The first-order chi connectivity index (χ1) is 8.58. The van der Waals surface area contributed by atoms with E-state index in [2.05, 4.69) is 52.1 Å². The second kappa shape index (κ2) is 5.63. The van der Waals surface area contributed by atoms with Gasteiger partial charge in [-0.05, 0) is 35.0 Å². The first-order valence-electron chi connectivity index (χ1n) is 5.96. The molecule has 0 atom stereocenters. The molecule has 2 aromatic heterocycles. The topological polar surface area (TPSA) is 42.7 Å².